The van der Waals surface area contributed by atoms with E-state index in [0.717, 1.165) is 11.0 Å². The average molecular weight is 437 g/mol. The molecule has 1 amide bonds. The molecule has 0 aliphatic heterocycles. The van der Waals surface area contributed by atoms with E-state index >= 15 is 0 Å². The van der Waals surface area contributed by atoms with E-state index in [4.69, 9.17) is 13.9 Å². The number of amides is 1. The molecule has 32 heavy (non-hydrogen) atoms. The summed E-state index contributed by atoms with van der Waals surface area (Å²) in [4.78, 5) is 32.6. The van der Waals surface area contributed by atoms with Crippen LogP contribution in [0.15, 0.2) is 46.9 Å². The van der Waals surface area contributed by atoms with Crippen LogP contribution in [-0.2, 0) is 21.3 Å². The van der Waals surface area contributed by atoms with Crippen LogP contribution in [0.5, 0.6) is 0 Å². The van der Waals surface area contributed by atoms with Gasteiger partial charge in [-0.25, -0.2) is 9.78 Å². The van der Waals surface area contributed by atoms with Crippen molar-refractivity contribution in [2.24, 2.45) is 7.05 Å². The molecular formula is C22H23N5O5. The van der Waals surface area contributed by atoms with Crippen molar-refractivity contribution >= 4 is 46.0 Å². The first-order valence-corrected chi connectivity index (χ1v) is 10.2. The van der Waals surface area contributed by atoms with Gasteiger partial charge in [0.1, 0.15) is 12.1 Å². The molecule has 10 heteroatoms. The maximum atomic E-state index is 12.4. The van der Waals surface area contributed by atoms with Gasteiger partial charge in [0.2, 0.25) is 5.95 Å². The van der Waals surface area contributed by atoms with Gasteiger partial charge in [-0.1, -0.05) is 12.1 Å². The Hall–Kier alpha value is -3.92. The molecule has 166 valence electrons. The van der Waals surface area contributed by atoms with Crippen LogP contribution in [0.3, 0.4) is 0 Å². The molecule has 0 saturated carbocycles. The second kappa shape index (κ2) is 9.48. The van der Waals surface area contributed by atoms with Crippen molar-refractivity contribution in [1.29, 1.82) is 0 Å². The first kappa shape index (κ1) is 21.3. The molecule has 2 aromatic carbocycles. The third kappa shape index (κ3) is 4.70. The summed E-state index contributed by atoms with van der Waals surface area (Å²) < 4.78 is 17.5. The second-order valence-corrected chi connectivity index (χ2v) is 6.92. The molecule has 0 saturated heterocycles. The summed E-state index contributed by atoms with van der Waals surface area (Å²) in [6, 6.07) is 13.1. The zero-order chi connectivity index (χ0) is 22.5. The van der Waals surface area contributed by atoms with E-state index in [-0.39, 0.29) is 25.7 Å². The van der Waals surface area contributed by atoms with Gasteiger partial charge in [-0.3, -0.25) is 10.1 Å². The Bertz CT molecular complexity index is 1230. The molecule has 0 unspecified atom stereocenters. The van der Waals surface area contributed by atoms with Gasteiger partial charge in [0.05, 0.1) is 24.2 Å². The molecule has 4 rings (SSSR count). The molecule has 2 heterocycles. The first-order valence-electron chi connectivity index (χ1n) is 10.2. The van der Waals surface area contributed by atoms with Gasteiger partial charge in [-0.2, -0.15) is 4.98 Å². The standard InChI is InChI=1S/C22H23N5O5/c1-3-31-19(28)13-30-11-10-23-20(29)14-8-9-17-16(12-14)24-21(27(17)2)26-22-25-15-6-4-5-7-18(15)32-22/h4-9,12H,3,10-11,13H2,1-2H3,(H,23,29)(H,24,25,26). The van der Waals surface area contributed by atoms with E-state index < -0.39 is 5.97 Å². The van der Waals surface area contributed by atoms with Crippen LogP contribution < -0.4 is 10.6 Å². The fraction of sp³-hybridized carbons (Fsp3) is 0.273. The number of anilines is 2. The van der Waals surface area contributed by atoms with Crippen molar-refractivity contribution in [3.05, 3.63) is 48.0 Å². The highest BCUT2D eigenvalue weighted by molar-refractivity contribution is 5.97. The van der Waals surface area contributed by atoms with Crippen LogP contribution in [0.2, 0.25) is 0 Å². The maximum Gasteiger partial charge on any atom is 0.332 e. The number of nitrogens with zero attached hydrogens (tertiary/aromatic N) is 3. The number of carbonyl (C=O) groups is 2. The van der Waals surface area contributed by atoms with Crippen LogP contribution >= 0.6 is 0 Å². The molecule has 0 bridgehead atoms. The minimum Gasteiger partial charge on any atom is -0.464 e. The van der Waals surface area contributed by atoms with E-state index in [9.17, 15) is 9.59 Å². The summed E-state index contributed by atoms with van der Waals surface area (Å²) >= 11 is 0. The zero-order valence-electron chi connectivity index (χ0n) is 17.8. The normalized spacial score (nSPS) is 11.1. The van der Waals surface area contributed by atoms with Crippen molar-refractivity contribution in [2.75, 3.05) is 31.7 Å². The maximum absolute atomic E-state index is 12.4. The summed E-state index contributed by atoms with van der Waals surface area (Å²) in [5.41, 5.74) is 3.39. The van der Waals surface area contributed by atoms with Crippen molar-refractivity contribution in [2.45, 2.75) is 6.92 Å². The molecule has 0 atom stereocenters. The summed E-state index contributed by atoms with van der Waals surface area (Å²) in [5.74, 6) is -0.149. The number of hydrogen-bond donors (Lipinski definition) is 2. The Labute approximate surface area is 183 Å². The third-order valence-corrected chi connectivity index (χ3v) is 4.71. The van der Waals surface area contributed by atoms with Crippen LogP contribution in [0.4, 0.5) is 12.0 Å². The number of esters is 1. The molecule has 10 nitrogen and oxygen atoms in total. The number of fused-ring (bicyclic) bond motifs is 2. The van der Waals surface area contributed by atoms with Gasteiger partial charge in [-0.05, 0) is 37.3 Å². The molecule has 0 fully saturated rings. The molecule has 2 aromatic heterocycles. The van der Waals surface area contributed by atoms with E-state index in [1.54, 1.807) is 19.1 Å². The Morgan fingerprint density at radius 3 is 2.78 bits per heavy atom. The minimum absolute atomic E-state index is 0.139. The zero-order valence-corrected chi connectivity index (χ0v) is 17.8. The van der Waals surface area contributed by atoms with Crippen molar-refractivity contribution in [3.63, 3.8) is 0 Å². The van der Waals surface area contributed by atoms with Crippen molar-refractivity contribution < 1.29 is 23.5 Å². The SMILES string of the molecule is CCOC(=O)COCCNC(=O)c1ccc2c(c1)nc(Nc1nc3ccccc3o1)n2C. The molecular weight excluding hydrogens is 414 g/mol. The molecule has 0 radical (unpaired) electrons. The largest absolute Gasteiger partial charge is 0.464 e. The van der Waals surface area contributed by atoms with Gasteiger partial charge >= 0.3 is 12.0 Å². The van der Waals surface area contributed by atoms with E-state index in [2.05, 4.69) is 20.6 Å². The Morgan fingerprint density at radius 2 is 1.97 bits per heavy atom. The van der Waals surface area contributed by atoms with Crippen LogP contribution in [0.25, 0.3) is 22.1 Å². The number of aromatic nitrogens is 3. The number of para-hydroxylation sites is 2. The summed E-state index contributed by atoms with van der Waals surface area (Å²) in [6.45, 7) is 2.36. The number of aryl methyl sites for hydroxylation is 1. The highest BCUT2D eigenvalue weighted by Gasteiger charge is 2.14. The lowest BCUT2D eigenvalue weighted by Gasteiger charge is -2.06. The lowest BCUT2D eigenvalue weighted by molar-refractivity contribution is -0.148. The van der Waals surface area contributed by atoms with E-state index in [1.165, 1.54) is 0 Å². The van der Waals surface area contributed by atoms with Crippen LogP contribution in [-0.4, -0.2) is 52.8 Å². The van der Waals surface area contributed by atoms with Gasteiger partial charge in [0.15, 0.2) is 5.58 Å². The lowest BCUT2D eigenvalue weighted by Crippen LogP contribution is -2.28. The van der Waals surface area contributed by atoms with Crippen molar-refractivity contribution in [3.8, 4) is 0 Å². The number of oxazole rings is 1. The number of nitrogens with one attached hydrogen (secondary N) is 2. The Balaban J connectivity index is 1.39. The smallest absolute Gasteiger partial charge is 0.332 e. The topological polar surface area (TPSA) is 121 Å². The fourth-order valence-electron chi connectivity index (χ4n) is 3.17. The molecule has 4 aromatic rings. The highest BCUT2D eigenvalue weighted by Crippen LogP contribution is 2.24. The van der Waals surface area contributed by atoms with E-state index in [0.29, 0.717) is 35.2 Å². The monoisotopic (exact) mass is 437 g/mol. The number of ether oxygens (including phenoxy) is 2. The molecule has 0 aliphatic rings. The number of benzene rings is 2. The predicted molar refractivity (Wildman–Crippen MR) is 118 cm³/mol. The number of hydrogen-bond acceptors (Lipinski definition) is 8. The van der Waals surface area contributed by atoms with Crippen LogP contribution in [0, 0.1) is 0 Å². The Kier molecular flexibility index (Phi) is 6.31. The summed E-state index contributed by atoms with van der Waals surface area (Å²) in [7, 11) is 1.86. The van der Waals surface area contributed by atoms with Gasteiger partial charge in [-0.15, -0.1) is 0 Å². The first-order chi connectivity index (χ1) is 15.5. The quantitative estimate of drug-likeness (QED) is 0.303. The minimum atomic E-state index is -0.429. The number of rotatable bonds is 9. The Morgan fingerprint density at radius 1 is 1.12 bits per heavy atom. The third-order valence-electron chi connectivity index (χ3n) is 4.71. The molecule has 2 N–H and O–H groups in total. The number of carbonyl (C=O) groups excluding carboxylic acids is 2. The van der Waals surface area contributed by atoms with Gasteiger partial charge in [0, 0.05) is 19.2 Å². The molecule has 0 aliphatic carbocycles. The van der Waals surface area contributed by atoms with Crippen molar-refractivity contribution in [1.82, 2.24) is 19.9 Å². The van der Waals surface area contributed by atoms with Crippen LogP contribution in [0.1, 0.15) is 17.3 Å². The number of imidazole rings is 1. The molecule has 0 spiro atoms. The second-order valence-electron chi connectivity index (χ2n) is 6.92. The van der Waals surface area contributed by atoms with Gasteiger partial charge < -0.3 is 23.8 Å². The fourth-order valence-corrected chi connectivity index (χ4v) is 3.17. The lowest BCUT2D eigenvalue weighted by atomic mass is 10.2. The summed E-state index contributed by atoms with van der Waals surface area (Å²) in [5, 5.41) is 5.84. The summed E-state index contributed by atoms with van der Waals surface area (Å²) in [6.07, 6.45) is 0. The highest BCUT2D eigenvalue weighted by atomic mass is 16.6. The van der Waals surface area contributed by atoms with Gasteiger partial charge in [0.25, 0.3) is 5.91 Å². The average Bonchev–Trinajstić information content (AvgIpc) is 3.33. The predicted octanol–water partition coefficient (Wildman–Crippen LogP) is 2.77. The van der Waals surface area contributed by atoms with E-state index in [1.807, 2.05) is 41.9 Å².